The zero-order chi connectivity index (χ0) is 22.4. The number of carbonyl (C=O) groups is 1. The lowest BCUT2D eigenvalue weighted by Gasteiger charge is -2.21. The minimum atomic E-state index is -3.66. The van der Waals surface area contributed by atoms with E-state index in [1.165, 1.54) is 15.6 Å². The smallest absolute Gasteiger partial charge is 0.243 e. The molecule has 1 heterocycles. The highest BCUT2D eigenvalue weighted by Gasteiger charge is 2.24. The summed E-state index contributed by atoms with van der Waals surface area (Å²) in [7, 11) is -3.66. The van der Waals surface area contributed by atoms with Crippen LogP contribution in [0, 0.1) is 13.8 Å². The van der Waals surface area contributed by atoms with Gasteiger partial charge in [-0.2, -0.15) is 4.31 Å². The van der Waals surface area contributed by atoms with E-state index < -0.39 is 10.0 Å². The molecule has 0 aliphatic heterocycles. The number of aryl methyl sites for hydroxylation is 2. The molecule has 1 aromatic heterocycles. The maximum atomic E-state index is 13.0. The van der Waals surface area contributed by atoms with Gasteiger partial charge in [0.1, 0.15) is 5.01 Å². The molecule has 3 rings (SSSR count). The first-order chi connectivity index (χ1) is 14.8. The number of sulfonamides is 1. The van der Waals surface area contributed by atoms with E-state index in [2.05, 4.69) is 15.5 Å². The zero-order valence-electron chi connectivity index (χ0n) is 17.8. The van der Waals surface area contributed by atoms with Crippen molar-refractivity contribution < 1.29 is 13.2 Å². The molecular weight excluding hydrogens is 432 g/mol. The summed E-state index contributed by atoms with van der Waals surface area (Å²) in [5.74, 6) is -0.299. The molecule has 0 aliphatic carbocycles. The molecule has 31 heavy (non-hydrogen) atoms. The number of hydrogen-bond acceptors (Lipinski definition) is 6. The molecule has 0 radical (unpaired) electrons. The fourth-order valence-corrected chi connectivity index (χ4v) is 5.33. The van der Waals surface area contributed by atoms with Crippen molar-refractivity contribution in [2.24, 2.45) is 0 Å². The first-order valence-electron chi connectivity index (χ1n) is 10.1. The van der Waals surface area contributed by atoms with Crippen molar-refractivity contribution in [3.8, 4) is 10.6 Å². The first-order valence-corrected chi connectivity index (χ1v) is 12.3. The molecule has 3 aromatic rings. The van der Waals surface area contributed by atoms with Gasteiger partial charge in [-0.3, -0.25) is 4.79 Å². The van der Waals surface area contributed by atoms with E-state index in [1.807, 2.05) is 45.0 Å². The van der Waals surface area contributed by atoms with Gasteiger partial charge in [-0.25, -0.2) is 8.42 Å². The van der Waals surface area contributed by atoms with Crippen molar-refractivity contribution in [2.45, 2.75) is 38.5 Å². The van der Waals surface area contributed by atoms with Crippen molar-refractivity contribution in [3.63, 3.8) is 0 Å². The SMILES string of the molecule is CCCN(CCC(=O)Nc1nnc(-c2cccc(C)c2)s1)S(=O)(=O)c1ccc(C)cc1. The van der Waals surface area contributed by atoms with Crippen LogP contribution in [-0.4, -0.2) is 41.9 Å². The van der Waals surface area contributed by atoms with Crippen LogP contribution in [0.5, 0.6) is 0 Å². The summed E-state index contributed by atoms with van der Waals surface area (Å²) in [6.45, 7) is 6.26. The van der Waals surface area contributed by atoms with Crippen LogP contribution in [0.25, 0.3) is 10.6 Å². The number of aromatic nitrogens is 2. The Labute approximate surface area is 187 Å². The summed E-state index contributed by atoms with van der Waals surface area (Å²) in [4.78, 5) is 12.7. The molecule has 0 spiro atoms. The third kappa shape index (κ3) is 5.96. The van der Waals surface area contributed by atoms with Gasteiger partial charge in [0.2, 0.25) is 21.1 Å². The minimum Gasteiger partial charge on any atom is -0.300 e. The summed E-state index contributed by atoms with van der Waals surface area (Å²) in [6.07, 6.45) is 0.688. The molecule has 0 atom stereocenters. The number of anilines is 1. The third-order valence-electron chi connectivity index (χ3n) is 4.66. The Morgan fingerprint density at radius 3 is 2.45 bits per heavy atom. The molecule has 0 bridgehead atoms. The highest BCUT2D eigenvalue weighted by Crippen LogP contribution is 2.27. The van der Waals surface area contributed by atoms with Crippen LogP contribution >= 0.6 is 11.3 Å². The Hall–Kier alpha value is -2.62. The maximum Gasteiger partial charge on any atom is 0.243 e. The number of amides is 1. The summed E-state index contributed by atoms with van der Waals surface area (Å²) < 4.78 is 27.3. The Morgan fingerprint density at radius 1 is 1.03 bits per heavy atom. The first kappa shape index (κ1) is 23.1. The van der Waals surface area contributed by atoms with E-state index in [1.54, 1.807) is 24.3 Å². The molecule has 164 valence electrons. The van der Waals surface area contributed by atoms with Crippen LogP contribution < -0.4 is 5.32 Å². The molecule has 2 aromatic carbocycles. The van der Waals surface area contributed by atoms with Crippen LogP contribution in [0.3, 0.4) is 0 Å². The van der Waals surface area contributed by atoms with Crippen molar-refractivity contribution in [1.82, 2.24) is 14.5 Å². The molecule has 0 aliphatic rings. The Kier molecular flexibility index (Phi) is 7.53. The van der Waals surface area contributed by atoms with Gasteiger partial charge in [0.25, 0.3) is 0 Å². The van der Waals surface area contributed by atoms with E-state index >= 15 is 0 Å². The molecule has 7 nitrogen and oxygen atoms in total. The molecule has 1 N–H and O–H groups in total. The number of nitrogens with zero attached hydrogens (tertiary/aromatic N) is 3. The van der Waals surface area contributed by atoms with Crippen molar-refractivity contribution in [2.75, 3.05) is 18.4 Å². The molecule has 0 fully saturated rings. The number of hydrogen-bond donors (Lipinski definition) is 1. The monoisotopic (exact) mass is 458 g/mol. The van der Waals surface area contributed by atoms with E-state index in [-0.39, 0.29) is 23.8 Å². The standard InChI is InChI=1S/C22H26N4O3S2/c1-4-13-26(31(28,29)19-10-8-16(2)9-11-19)14-12-20(27)23-22-25-24-21(30-22)18-7-5-6-17(3)15-18/h5-11,15H,4,12-14H2,1-3H3,(H,23,25,27). The normalized spacial score (nSPS) is 11.6. The largest absolute Gasteiger partial charge is 0.300 e. The van der Waals surface area contributed by atoms with Crippen LogP contribution in [0.1, 0.15) is 30.9 Å². The van der Waals surface area contributed by atoms with Gasteiger partial charge in [0.05, 0.1) is 4.90 Å². The summed E-state index contributed by atoms with van der Waals surface area (Å²) in [5.41, 5.74) is 3.04. The van der Waals surface area contributed by atoms with Crippen molar-refractivity contribution >= 4 is 32.4 Å². The average Bonchev–Trinajstić information content (AvgIpc) is 3.19. The molecular formula is C22H26N4O3S2. The van der Waals surface area contributed by atoms with Gasteiger partial charge in [0, 0.05) is 25.1 Å². The van der Waals surface area contributed by atoms with E-state index in [0.717, 1.165) is 16.7 Å². The van der Waals surface area contributed by atoms with Gasteiger partial charge in [-0.05, 0) is 38.5 Å². The van der Waals surface area contributed by atoms with Crippen LogP contribution in [0.4, 0.5) is 5.13 Å². The lowest BCUT2D eigenvalue weighted by atomic mass is 10.1. The zero-order valence-corrected chi connectivity index (χ0v) is 19.5. The van der Waals surface area contributed by atoms with Gasteiger partial charge < -0.3 is 5.32 Å². The van der Waals surface area contributed by atoms with Gasteiger partial charge in [0.15, 0.2) is 0 Å². The predicted octanol–water partition coefficient (Wildman–Crippen LogP) is 4.25. The Balaban J connectivity index is 1.63. The fraction of sp³-hybridized carbons (Fsp3) is 0.318. The Bertz CT molecular complexity index is 1140. The lowest BCUT2D eigenvalue weighted by Crippen LogP contribution is -2.34. The fourth-order valence-electron chi connectivity index (χ4n) is 3.04. The lowest BCUT2D eigenvalue weighted by molar-refractivity contribution is -0.116. The van der Waals surface area contributed by atoms with Crippen LogP contribution in [-0.2, 0) is 14.8 Å². The number of carbonyl (C=O) groups excluding carboxylic acids is 1. The minimum absolute atomic E-state index is 0.0322. The summed E-state index contributed by atoms with van der Waals surface area (Å²) in [5, 5.41) is 12.0. The highest BCUT2D eigenvalue weighted by atomic mass is 32.2. The van der Waals surface area contributed by atoms with Gasteiger partial charge >= 0.3 is 0 Å². The van der Waals surface area contributed by atoms with Crippen molar-refractivity contribution in [3.05, 3.63) is 59.7 Å². The predicted molar refractivity (Wildman–Crippen MR) is 124 cm³/mol. The van der Waals surface area contributed by atoms with Gasteiger partial charge in [-0.1, -0.05) is 59.7 Å². The molecule has 0 unspecified atom stereocenters. The quantitative estimate of drug-likeness (QED) is 0.517. The second-order valence-corrected chi connectivity index (χ2v) is 10.2. The van der Waals surface area contributed by atoms with Crippen LogP contribution in [0.15, 0.2) is 53.4 Å². The number of benzene rings is 2. The number of nitrogens with one attached hydrogen (secondary N) is 1. The highest BCUT2D eigenvalue weighted by molar-refractivity contribution is 7.89. The average molecular weight is 459 g/mol. The molecule has 9 heteroatoms. The molecule has 0 saturated carbocycles. The molecule has 0 saturated heterocycles. The van der Waals surface area contributed by atoms with E-state index in [9.17, 15) is 13.2 Å². The second kappa shape index (κ2) is 10.1. The van der Waals surface area contributed by atoms with Gasteiger partial charge in [-0.15, -0.1) is 10.2 Å². The number of rotatable bonds is 9. The van der Waals surface area contributed by atoms with E-state index in [4.69, 9.17) is 0 Å². The molecule has 1 amide bonds. The van der Waals surface area contributed by atoms with E-state index in [0.29, 0.717) is 23.1 Å². The topological polar surface area (TPSA) is 92.3 Å². The third-order valence-corrected chi connectivity index (χ3v) is 7.46. The maximum absolute atomic E-state index is 13.0. The van der Waals surface area contributed by atoms with Crippen LogP contribution in [0.2, 0.25) is 0 Å². The Morgan fingerprint density at radius 2 is 1.77 bits per heavy atom. The second-order valence-electron chi connectivity index (χ2n) is 7.30. The van der Waals surface area contributed by atoms with Crippen molar-refractivity contribution in [1.29, 1.82) is 0 Å². The summed E-state index contributed by atoms with van der Waals surface area (Å²) >= 11 is 1.29. The summed E-state index contributed by atoms with van der Waals surface area (Å²) in [6, 6.07) is 14.6.